The molecule has 0 aliphatic heterocycles. The minimum atomic E-state index is -1.16. The summed E-state index contributed by atoms with van der Waals surface area (Å²) in [7, 11) is 0. The highest BCUT2D eigenvalue weighted by Crippen LogP contribution is 2.15. The highest BCUT2D eigenvalue weighted by atomic mass is 35.5. The molecule has 11 heteroatoms. The van der Waals surface area contributed by atoms with Gasteiger partial charge in [0.2, 0.25) is 5.62 Å². The van der Waals surface area contributed by atoms with Crippen LogP contribution in [0.1, 0.15) is 17.3 Å². The van der Waals surface area contributed by atoms with E-state index in [1.165, 1.54) is 27.5 Å². The van der Waals surface area contributed by atoms with E-state index in [2.05, 4.69) is 21.4 Å². The third-order valence-electron chi connectivity index (χ3n) is 5.12. The zero-order valence-corrected chi connectivity index (χ0v) is 19.1. The number of aromatic carboxylic acids is 1. The van der Waals surface area contributed by atoms with Gasteiger partial charge in [-0.05, 0) is 55.1 Å². The Morgan fingerprint density at radius 1 is 1.06 bits per heavy atom. The Balaban J connectivity index is 1.81. The van der Waals surface area contributed by atoms with Crippen LogP contribution in [0, 0.1) is 0 Å². The van der Waals surface area contributed by atoms with Crippen LogP contribution in [-0.2, 0) is 13.1 Å². The quantitative estimate of drug-likeness (QED) is 0.508. The van der Waals surface area contributed by atoms with Crippen molar-refractivity contribution in [2.24, 2.45) is 4.99 Å². The van der Waals surface area contributed by atoms with Gasteiger partial charge in [-0.15, -0.1) is 0 Å². The van der Waals surface area contributed by atoms with Crippen LogP contribution in [0.15, 0.2) is 96.2 Å². The Hall–Kier alpha value is -4.62. The SMILES string of the molecule is CCn1c(=O)[nH]/c(=N\c2ccc(-n3cc(C(=O)O)ccc3=O)cc2)n(CC2=C=C=C(Cl)C=C2)c1=O. The average molecular weight is 492 g/mol. The molecule has 1 aliphatic rings. The first-order valence-electron chi connectivity index (χ1n) is 10.4. The number of hydrogen-bond acceptors (Lipinski definition) is 5. The summed E-state index contributed by atoms with van der Waals surface area (Å²) in [5.41, 5.74) is 5.45. The van der Waals surface area contributed by atoms with E-state index in [1.807, 2.05) is 0 Å². The zero-order valence-electron chi connectivity index (χ0n) is 18.4. The van der Waals surface area contributed by atoms with Crippen molar-refractivity contribution >= 4 is 23.3 Å². The van der Waals surface area contributed by atoms with Crippen molar-refractivity contribution in [3.8, 4) is 5.69 Å². The molecule has 2 aromatic heterocycles. The van der Waals surface area contributed by atoms with Crippen LogP contribution in [0.5, 0.6) is 0 Å². The van der Waals surface area contributed by atoms with Crippen molar-refractivity contribution in [2.45, 2.75) is 20.0 Å². The molecule has 0 bridgehead atoms. The van der Waals surface area contributed by atoms with Crippen molar-refractivity contribution in [2.75, 3.05) is 0 Å². The summed E-state index contributed by atoms with van der Waals surface area (Å²) in [4.78, 5) is 55.9. The van der Waals surface area contributed by atoms with Gasteiger partial charge in [0.15, 0.2) is 0 Å². The van der Waals surface area contributed by atoms with Gasteiger partial charge in [-0.3, -0.25) is 18.9 Å². The van der Waals surface area contributed by atoms with Crippen LogP contribution in [-0.4, -0.2) is 29.8 Å². The smallest absolute Gasteiger partial charge is 0.337 e. The number of pyridine rings is 1. The number of benzene rings is 1. The maximum Gasteiger partial charge on any atom is 0.337 e. The third kappa shape index (κ3) is 5.00. The fourth-order valence-corrected chi connectivity index (χ4v) is 3.46. The summed E-state index contributed by atoms with van der Waals surface area (Å²) in [6.07, 6.45) is 4.54. The number of hydrogen-bond donors (Lipinski definition) is 2. The number of aromatic nitrogens is 4. The highest BCUT2D eigenvalue weighted by Gasteiger charge is 2.10. The molecule has 2 N–H and O–H groups in total. The summed E-state index contributed by atoms with van der Waals surface area (Å²) < 4.78 is 3.54. The van der Waals surface area contributed by atoms with Crippen LogP contribution >= 0.6 is 11.6 Å². The molecule has 0 spiro atoms. The lowest BCUT2D eigenvalue weighted by Gasteiger charge is -2.10. The lowest BCUT2D eigenvalue weighted by atomic mass is 10.2. The molecule has 3 aromatic rings. The fraction of sp³-hybridized carbons (Fsp3) is 0.125. The highest BCUT2D eigenvalue weighted by molar-refractivity contribution is 6.31. The molecule has 1 aromatic carbocycles. The van der Waals surface area contributed by atoms with E-state index in [0.29, 0.717) is 22.0 Å². The molecule has 35 heavy (non-hydrogen) atoms. The molecular formula is C24H18ClN5O5. The molecule has 0 atom stereocenters. The minimum absolute atomic E-state index is 0.0193. The number of carbonyl (C=O) groups is 1. The van der Waals surface area contributed by atoms with Crippen LogP contribution < -0.4 is 22.6 Å². The first-order chi connectivity index (χ1) is 16.8. The number of allylic oxidation sites excluding steroid dienone is 4. The molecule has 0 radical (unpaired) electrons. The summed E-state index contributed by atoms with van der Waals surface area (Å²) in [6.45, 7) is 1.92. The normalized spacial score (nSPS) is 13.0. The van der Waals surface area contributed by atoms with Gasteiger partial charge < -0.3 is 5.11 Å². The van der Waals surface area contributed by atoms with Gasteiger partial charge in [0.25, 0.3) is 5.56 Å². The monoisotopic (exact) mass is 491 g/mol. The van der Waals surface area contributed by atoms with Crippen molar-refractivity contribution in [1.29, 1.82) is 0 Å². The standard InChI is InChI=1S/C24H18ClN5O5/c1-2-28-23(34)27-22(30(24(28)35)13-15-3-6-17(25)7-4-15)26-18-8-10-19(11-9-18)29-14-16(21(32)33)5-12-20(29)31/h3,5-6,8-12,14H,2,13H2,1H3,(H,32,33)(H,26,27,34). The minimum Gasteiger partial charge on any atom is -0.478 e. The van der Waals surface area contributed by atoms with Crippen molar-refractivity contribution in [3.05, 3.63) is 119 Å². The fourth-order valence-electron chi connectivity index (χ4n) is 3.35. The predicted octanol–water partition coefficient (Wildman–Crippen LogP) is 1.81. The second-order valence-electron chi connectivity index (χ2n) is 7.38. The summed E-state index contributed by atoms with van der Waals surface area (Å²) >= 11 is 5.87. The van der Waals surface area contributed by atoms with Gasteiger partial charge in [0, 0.05) is 30.1 Å². The first-order valence-corrected chi connectivity index (χ1v) is 10.8. The van der Waals surface area contributed by atoms with E-state index < -0.39 is 22.9 Å². The van der Waals surface area contributed by atoms with E-state index >= 15 is 0 Å². The van der Waals surface area contributed by atoms with Crippen LogP contribution in [0.2, 0.25) is 0 Å². The molecule has 4 rings (SSSR count). The molecule has 0 amide bonds. The average Bonchev–Trinajstić information content (AvgIpc) is 2.84. The molecule has 176 valence electrons. The van der Waals surface area contributed by atoms with Gasteiger partial charge in [0.1, 0.15) is 0 Å². The number of aromatic amines is 1. The van der Waals surface area contributed by atoms with Gasteiger partial charge in [-0.2, -0.15) is 0 Å². The molecule has 10 nitrogen and oxygen atoms in total. The Morgan fingerprint density at radius 3 is 2.43 bits per heavy atom. The second kappa shape index (κ2) is 9.70. The van der Waals surface area contributed by atoms with Crippen LogP contribution in [0.4, 0.5) is 5.69 Å². The van der Waals surface area contributed by atoms with Crippen molar-refractivity contribution in [1.82, 2.24) is 18.7 Å². The predicted molar refractivity (Wildman–Crippen MR) is 128 cm³/mol. The molecular weight excluding hydrogens is 474 g/mol. The molecule has 1 aliphatic carbocycles. The summed E-state index contributed by atoms with van der Waals surface area (Å²) in [5, 5.41) is 9.56. The third-order valence-corrected chi connectivity index (χ3v) is 5.34. The largest absolute Gasteiger partial charge is 0.478 e. The Labute approximate surface area is 202 Å². The number of halogens is 1. The van der Waals surface area contributed by atoms with Gasteiger partial charge >= 0.3 is 17.3 Å². The number of rotatable bonds is 6. The Morgan fingerprint density at radius 2 is 1.80 bits per heavy atom. The maximum absolute atomic E-state index is 13.0. The number of carboxylic acid groups (broad SMARTS) is 1. The maximum atomic E-state index is 13.0. The van der Waals surface area contributed by atoms with E-state index in [4.69, 9.17) is 11.6 Å². The number of nitrogens with one attached hydrogen (secondary N) is 1. The Bertz CT molecular complexity index is 1720. The van der Waals surface area contributed by atoms with Gasteiger partial charge in [-0.1, -0.05) is 17.3 Å². The summed E-state index contributed by atoms with van der Waals surface area (Å²) in [6, 6.07) is 8.70. The summed E-state index contributed by atoms with van der Waals surface area (Å²) in [5.74, 6) is -1.16. The van der Waals surface area contributed by atoms with Gasteiger partial charge in [-0.25, -0.2) is 23.9 Å². The molecule has 0 fully saturated rings. The van der Waals surface area contributed by atoms with Gasteiger partial charge in [0.05, 0.1) is 22.8 Å². The number of nitrogens with zero attached hydrogens (tertiary/aromatic N) is 4. The second-order valence-corrected chi connectivity index (χ2v) is 7.79. The number of H-pyrrole nitrogens is 1. The number of carboxylic acids is 1. The first kappa shape index (κ1) is 23.5. The molecule has 0 unspecified atom stereocenters. The lowest BCUT2D eigenvalue weighted by molar-refractivity contribution is 0.0696. The zero-order chi connectivity index (χ0) is 25.1. The van der Waals surface area contributed by atoms with E-state index in [9.17, 15) is 24.3 Å². The van der Waals surface area contributed by atoms with Crippen LogP contribution in [0.3, 0.4) is 0 Å². The molecule has 0 saturated carbocycles. The van der Waals surface area contributed by atoms with Crippen LogP contribution in [0.25, 0.3) is 5.69 Å². The topological polar surface area (TPSA) is 131 Å². The molecule has 2 heterocycles. The van der Waals surface area contributed by atoms with E-state index in [1.54, 1.807) is 43.3 Å². The van der Waals surface area contributed by atoms with E-state index in [0.717, 1.165) is 4.57 Å². The Kier molecular flexibility index (Phi) is 6.53. The van der Waals surface area contributed by atoms with E-state index in [-0.39, 0.29) is 24.3 Å². The van der Waals surface area contributed by atoms with Crippen molar-refractivity contribution in [3.63, 3.8) is 0 Å². The molecule has 0 saturated heterocycles. The lowest BCUT2D eigenvalue weighted by Crippen LogP contribution is -2.49. The van der Waals surface area contributed by atoms with Crippen molar-refractivity contribution < 1.29 is 9.90 Å².